The van der Waals surface area contributed by atoms with Crippen LogP contribution in [0.15, 0.2) is 30.5 Å². The van der Waals surface area contributed by atoms with E-state index in [1.54, 1.807) is 7.11 Å². The molecular weight excluding hydrogens is 240 g/mol. The van der Waals surface area contributed by atoms with Crippen LogP contribution in [0, 0.1) is 10.1 Å². The monoisotopic (exact) mass is 250 g/mol. The van der Waals surface area contributed by atoms with Crippen LogP contribution in [0.4, 0.5) is 5.00 Å². The molecule has 2 aromatic rings. The number of ether oxygens (including phenoxy) is 1. The summed E-state index contributed by atoms with van der Waals surface area (Å²) in [6, 6.07) is 7.62. The predicted molar refractivity (Wildman–Crippen MR) is 64.9 cm³/mol. The van der Waals surface area contributed by atoms with E-state index in [9.17, 15) is 10.1 Å². The molecule has 0 unspecified atom stereocenters. The van der Waals surface area contributed by atoms with Crippen molar-refractivity contribution in [1.82, 2.24) is 4.98 Å². The Morgan fingerprint density at radius 1 is 1.41 bits per heavy atom. The summed E-state index contributed by atoms with van der Waals surface area (Å²) in [6.45, 7) is 0.554. The standard InChI is InChI=1S/C11H10N2O3S/c1-16-7-8-2-4-9(5-3-8)11-12-6-10(17-11)13(14)15/h2-6H,7H2,1H3. The number of thiazole rings is 1. The van der Waals surface area contributed by atoms with E-state index >= 15 is 0 Å². The van der Waals surface area contributed by atoms with Crippen molar-refractivity contribution in [3.63, 3.8) is 0 Å². The van der Waals surface area contributed by atoms with Crippen LogP contribution in [0.5, 0.6) is 0 Å². The summed E-state index contributed by atoms with van der Waals surface area (Å²) < 4.78 is 5.01. The first-order valence-electron chi connectivity index (χ1n) is 4.89. The molecule has 0 saturated heterocycles. The van der Waals surface area contributed by atoms with E-state index in [0.717, 1.165) is 22.5 Å². The van der Waals surface area contributed by atoms with Gasteiger partial charge in [-0.1, -0.05) is 24.3 Å². The van der Waals surface area contributed by atoms with Crippen LogP contribution in [0.2, 0.25) is 0 Å². The summed E-state index contributed by atoms with van der Waals surface area (Å²) in [7, 11) is 1.64. The molecule has 5 nitrogen and oxygen atoms in total. The highest BCUT2D eigenvalue weighted by molar-refractivity contribution is 7.18. The van der Waals surface area contributed by atoms with Crippen LogP contribution in [0.25, 0.3) is 10.6 Å². The Morgan fingerprint density at radius 3 is 2.65 bits per heavy atom. The topological polar surface area (TPSA) is 65.3 Å². The molecule has 2 rings (SSSR count). The van der Waals surface area contributed by atoms with Crippen LogP contribution in [-0.2, 0) is 11.3 Å². The fraction of sp³-hybridized carbons (Fsp3) is 0.182. The van der Waals surface area contributed by atoms with E-state index in [0.29, 0.717) is 11.6 Å². The summed E-state index contributed by atoms with van der Waals surface area (Å²) in [6.07, 6.45) is 1.28. The van der Waals surface area contributed by atoms with E-state index in [-0.39, 0.29) is 5.00 Å². The molecule has 1 aromatic carbocycles. The molecule has 0 fully saturated rings. The maximum atomic E-state index is 10.5. The van der Waals surface area contributed by atoms with E-state index in [2.05, 4.69) is 4.98 Å². The molecule has 1 heterocycles. The average Bonchev–Trinajstić information content (AvgIpc) is 2.80. The first-order chi connectivity index (χ1) is 8.20. The summed E-state index contributed by atoms with van der Waals surface area (Å²) in [5, 5.41) is 11.3. The van der Waals surface area contributed by atoms with Crippen LogP contribution >= 0.6 is 11.3 Å². The fourth-order valence-corrected chi connectivity index (χ4v) is 2.13. The highest BCUT2D eigenvalue weighted by Crippen LogP contribution is 2.29. The number of methoxy groups -OCH3 is 1. The number of aromatic nitrogens is 1. The van der Waals surface area contributed by atoms with Gasteiger partial charge in [-0.2, -0.15) is 0 Å². The molecule has 0 aliphatic carbocycles. The molecule has 17 heavy (non-hydrogen) atoms. The van der Waals surface area contributed by atoms with Crippen LogP contribution < -0.4 is 0 Å². The Morgan fingerprint density at radius 2 is 2.12 bits per heavy atom. The van der Waals surface area contributed by atoms with Gasteiger partial charge in [-0.15, -0.1) is 0 Å². The van der Waals surface area contributed by atoms with Crippen LogP contribution in [-0.4, -0.2) is 17.0 Å². The van der Waals surface area contributed by atoms with Gasteiger partial charge < -0.3 is 4.74 Å². The summed E-state index contributed by atoms with van der Waals surface area (Å²) in [5.41, 5.74) is 1.94. The number of hydrogen-bond donors (Lipinski definition) is 0. The predicted octanol–water partition coefficient (Wildman–Crippen LogP) is 2.86. The first kappa shape index (κ1) is 11.7. The largest absolute Gasteiger partial charge is 0.380 e. The molecule has 0 amide bonds. The second-order valence-electron chi connectivity index (χ2n) is 3.39. The quantitative estimate of drug-likeness (QED) is 0.618. The Labute approximate surface area is 102 Å². The number of nitro groups is 1. The van der Waals surface area contributed by atoms with Crippen molar-refractivity contribution in [2.24, 2.45) is 0 Å². The zero-order valence-corrected chi connectivity index (χ0v) is 9.94. The minimum Gasteiger partial charge on any atom is -0.380 e. The molecular formula is C11H10N2O3S. The Balaban J connectivity index is 2.23. The van der Waals surface area contributed by atoms with E-state index in [4.69, 9.17) is 4.74 Å². The third-order valence-electron chi connectivity index (χ3n) is 2.19. The lowest BCUT2D eigenvalue weighted by Crippen LogP contribution is -1.86. The smallest absolute Gasteiger partial charge is 0.344 e. The van der Waals surface area contributed by atoms with Gasteiger partial charge in [0.15, 0.2) is 0 Å². The Hall–Kier alpha value is -1.79. The molecule has 0 saturated carbocycles. The third kappa shape index (κ3) is 2.66. The molecule has 0 N–H and O–H groups in total. The summed E-state index contributed by atoms with van der Waals surface area (Å²) >= 11 is 1.07. The second-order valence-corrected chi connectivity index (χ2v) is 4.40. The van der Waals surface area contributed by atoms with Crippen molar-refractivity contribution >= 4 is 16.3 Å². The Bertz CT molecular complexity index is 522. The maximum Gasteiger partial charge on any atom is 0.344 e. The molecule has 0 aliphatic rings. The van der Waals surface area contributed by atoms with Gasteiger partial charge in [0.2, 0.25) is 0 Å². The molecule has 0 aliphatic heterocycles. The lowest BCUT2D eigenvalue weighted by molar-refractivity contribution is -0.380. The summed E-state index contributed by atoms with van der Waals surface area (Å²) in [5.74, 6) is 0. The van der Waals surface area contributed by atoms with Crippen molar-refractivity contribution in [3.8, 4) is 10.6 Å². The average molecular weight is 250 g/mol. The third-order valence-corrected chi connectivity index (χ3v) is 3.18. The van der Waals surface area contributed by atoms with E-state index < -0.39 is 4.92 Å². The molecule has 6 heteroatoms. The van der Waals surface area contributed by atoms with Crippen molar-refractivity contribution < 1.29 is 9.66 Å². The Kier molecular flexibility index (Phi) is 3.46. The second kappa shape index (κ2) is 5.03. The van der Waals surface area contributed by atoms with Crippen molar-refractivity contribution in [3.05, 3.63) is 46.1 Å². The van der Waals surface area contributed by atoms with E-state index in [1.807, 2.05) is 24.3 Å². The van der Waals surface area contributed by atoms with Gasteiger partial charge >= 0.3 is 5.00 Å². The molecule has 0 spiro atoms. The number of hydrogen-bond acceptors (Lipinski definition) is 5. The number of nitrogens with zero attached hydrogens (tertiary/aromatic N) is 2. The van der Waals surface area contributed by atoms with Gasteiger partial charge in [-0.05, 0) is 16.9 Å². The van der Waals surface area contributed by atoms with Gasteiger partial charge in [0, 0.05) is 12.7 Å². The normalized spacial score (nSPS) is 10.4. The first-order valence-corrected chi connectivity index (χ1v) is 5.71. The van der Waals surface area contributed by atoms with E-state index in [1.165, 1.54) is 6.20 Å². The van der Waals surface area contributed by atoms with Gasteiger partial charge in [-0.25, -0.2) is 4.98 Å². The molecule has 1 aromatic heterocycles. The number of rotatable bonds is 4. The van der Waals surface area contributed by atoms with Crippen LogP contribution in [0.3, 0.4) is 0 Å². The van der Waals surface area contributed by atoms with Crippen molar-refractivity contribution in [2.75, 3.05) is 7.11 Å². The molecule has 88 valence electrons. The van der Waals surface area contributed by atoms with Crippen molar-refractivity contribution in [1.29, 1.82) is 0 Å². The van der Waals surface area contributed by atoms with Crippen LogP contribution in [0.1, 0.15) is 5.56 Å². The lowest BCUT2D eigenvalue weighted by Gasteiger charge is -2.00. The molecule has 0 bridgehead atoms. The van der Waals surface area contributed by atoms with Gasteiger partial charge in [0.1, 0.15) is 11.2 Å². The maximum absolute atomic E-state index is 10.5. The minimum absolute atomic E-state index is 0.0565. The molecule has 0 radical (unpaired) electrons. The number of benzene rings is 1. The van der Waals surface area contributed by atoms with Crippen molar-refractivity contribution in [2.45, 2.75) is 6.61 Å². The molecule has 0 atom stereocenters. The fourth-order valence-electron chi connectivity index (χ4n) is 1.39. The lowest BCUT2D eigenvalue weighted by atomic mass is 10.1. The highest BCUT2D eigenvalue weighted by atomic mass is 32.1. The van der Waals surface area contributed by atoms with Gasteiger partial charge in [0.25, 0.3) is 0 Å². The minimum atomic E-state index is -0.430. The highest BCUT2D eigenvalue weighted by Gasteiger charge is 2.12. The zero-order valence-electron chi connectivity index (χ0n) is 9.12. The van der Waals surface area contributed by atoms with Gasteiger partial charge in [0.05, 0.1) is 11.5 Å². The van der Waals surface area contributed by atoms with Gasteiger partial charge in [-0.3, -0.25) is 10.1 Å². The summed E-state index contributed by atoms with van der Waals surface area (Å²) in [4.78, 5) is 14.1. The zero-order chi connectivity index (χ0) is 12.3. The SMILES string of the molecule is COCc1ccc(-c2ncc([N+](=O)[O-])s2)cc1.